The van der Waals surface area contributed by atoms with Gasteiger partial charge in [0.25, 0.3) is 0 Å². The van der Waals surface area contributed by atoms with Crippen molar-refractivity contribution in [2.45, 2.75) is 0 Å². The zero-order chi connectivity index (χ0) is 14.3. The molecule has 0 bridgehead atoms. The second kappa shape index (κ2) is 7.65. The van der Waals surface area contributed by atoms with E-state index in [0.717, 1.165) is 12.1 Å². The van der Waals surface area contributed by atoms with Crippen LogP contribution >= 0.6 is 0 Å². The molecule has 0 heterocycles. The fourth-order valence-corrected chi connectivity index (χ4v) is 1.27. The second-order valence-electron chi connectivity index (χ2n) is 3.57. The van der Waals surface area contributed by atoms with E-state index in [4.69, 9.17) is 15.2 Å². The van der Waals surface area contributed by atoms with Crippen LogP contribution in [0.25, 0.3) is 0 Å². The van der Waals surface area contributed by atoms with Crippen LogP contribution in [0, 0.1) is 11.6 Å². The fourth-order valence-electron chi connectivity index (χ4n) is 1.27. The van der Waals surface area contributed by atoms with Crippen LogP contribution in [0.2, 0.25) is 0 Å². The summed E-state index contributed by atoms with van der Waals surface area (Å²) < 4.78 is 41.2. The minimum atomic E-state index is -1.12. The molecule has 0 aliphatic heterocycles. The number of halogens is 2. The van der Waals surface area contributed by atoms with E-state index in [2.05, 4.69) is 4.74 Å². The third kappa shape index (κ3) is 4.46. The van der Waals surface area contributed by atoms with Gasteiger partial charge in [0.2, 0.25) is 0 Å². The molecule has 19 heavy (non-hydrogen) atoms. The van der Waals surface area contributed by atoms with Crippen LogP contribution in [0.15, 0.2) is 12.1 Å². The Morgan fingerprint density at radius 2 is 1.89 bits per heavy atom. The zero-order valence-electron chi connectivity index (χ0n) is 10.4. The third-order valence-corrected chi connectivity index (χ3v) is 2.22. The molecule has 1 rings (SSSR count). The molecular weight excluding hydrogens is 260 g/mol. The lowest BCUT2D eigenvalue weighted by atomic mass is 10.2. The number of nitrogens with two attached hydrogens (primary N) is 1. The van der Waals surface area contributed by atoms with Crippen LogP contribution in [0.3, 0.4) is 0 Å². The first-order chi connectivity index (χ1) is 9.07. The summed E-state index contributed by atoms with van der Waals surface area (Å²) in [5.74, 6) is -3.25. The van der Waals surface area contributed by atoms with Crippen molar-refractivity contribution < 1.29 is 27.8 Å². The summed E-state index contributed by atoms with van der Waals surface area (Å²) in [6.45, 7) is 0.748. The quantitative estimate of drug-likeness (QED) is 0.462. The minimum Gasteiger partial charge on any atom is -0.459 e. The number of benzene rings is 1. The molecule has 0 atom stereocenters. The van der Waals surface area contributed by atoms with E-state index < -0.39 is 23.2 Å². The summed E-state index contributed by atoms with van der Waals surface area (Å²) >= 11 is 0. The zero-order valence-corrected chi connectivity index (χ0v) is 10.4. The average Bonchev–Trinajstić information content (AvgIpc) is 2.38. The molecule has 106 valence electrons. The molecule has 0 aromatic heterocycles. The SMILES string of the molecule is COCCOCCOC(=O)c1c(F)ccc(N)c1F. The summed E-state index contributed by atoms with van der Waals surface area (Å²) in [4.78, 5) is 11.5. The van der Waals surface area contributed by atoms with Gasteiger partial charge in [0.15, 0.2) is 5.82 Å². The predicted molar refractivity (Wildman–Crippen MR) is 63.7 cm³/mol. The molecule has 0 radical (unpaired) electrons. The lowest BCUT2D eigenvalue weighted by Crippen LogP contribution is -2.15. The van der Waals surface area contributed by atoms with Crippen LogP contribution in [0.4, 0.5) is 14.5 Å². The first kappa shape index (κ1) is 15.3. The maximum absolute atomic E-state index is 13.5. The molecular formula is C12H15F2NO4. The molecule has 0 aliphatic rings. The molecule has 0 fully saturated rings. The number of carbonyl (C=O) groups is 1. The van der Waals surface area contributed by atoms with Gasteiger partial charge >= 0.3 is 5.97 Å². The third-order valence-electron chi connectivity index (χ3n) is 2.22. The van der Waals surface area contributed by atoms with Crippen molar-refractivity contribution >= 4 is 11.7 Å². The average molecular weight is 275 g/mol. The van der Waals surface area contributed by atoms with Gasteiger partial charge in [-0.15, -0.1) is 0 Å². The minimum absolute atomic E-state index is 0.112. The van der Waals surface area contributed by atoms with Crippen LogP contribution < -0.4 is 5.73 Å². The van der Waals surface area contributed by atoms with Gasteiger partial charge in [-0.05, 0) is 12.1 Å². The first-order valence-electron chi connectivity index (χ1n) is 5.55. The number of anilines is 1. The topological polar surface area (TPSA) is 70.8 Å². The number of hydrogen-bond donors (Lipinski definition) is 1. The van der Waals surface area contributed by atoms with E-state index >= 15 is 0 Å². The summed E-state index contributed by atoms with van der Waals surface area (Å²) in [7, 11) is 1.52. The first-order valence-corrected chi connectivity index (χ1v) is 5.55. The maximum atomic E-state index is 13.5. The number of hydrogen-bond acceptors (Lipinski definition) is 5. The summed E-state index contributed by atoms with van der Waals surface area (Å²) in [5, 5.41) is 0. The Balaban J connectivity index is 2.48. The lowest BCUT2D eigenvalue weighted by Gasteiger charge is -2.08. The Kier molecular flexibility index (Phi) is 6.17. The molecule has 0 unspecified atom stereocenters. The number of nitrogen functional groups attached to an aromatic ring is 1. The molecule has 0 saturated carbocycles. The van der Waals surface area contributed by atoms with E-state index in [1.165, 1.54) is 7.11 Å². The van der Waals surface area contributed by atoms with Gasteiger partial charge in [-0.3, -0.25) is 0 Å². The Morgan fingerprint density at radius 3 is 2.58 bits per heavy atom. The Labute approximate surface area is 109 Å². The molecule has 1 aromatic carbocycles. The predicted octanol–water partition coefficient (Wildman–Crippen LogP) is 1.37. The van der Waals surface area contributed by atoms with Crippen LogP contribution in [0.1, 0.15) is 10.4 Å². The fraction of sp³-hybridized carbons (Fsp3) is 0.417. The number of ether oxygens (including phenoxy) is 3. The van der Waals surface area contributed by atoms with E-state index in [9.17, 15) is 13.6 Å². The van der Waals surface area contributed by atoms with E-state index in [-0.39, 0.29) is 18.9 Å². The van der Waals surface area contributed by atoms with Gasteiger partial charge < -0.3 is 19.9 Å². The molecule has 0 saturated heterocycles. The molecule has 0 amide bonds. The Hall–Kier alpha value is -1.73. The molecule has 7 heteroatoms. The van der Waals surface area contributed by atoms with Gasteiger partial charge in [-0.25, -0.2) is 13.6 Å². The maximum Gasteiger partial charge on any atom is 0.344 e. The van der Waals surface area contributed by atoms with Crippen LogP contribution in [-0.4, -0.2) is 39.5 Å². The standard InChI is InChI=1S/C12H15F2NO4/c1-17-4-5-18-6-7-19-12(16)10-8(13)2-3-9(15)11(10)14/h2-3H,4-7,15H2,1H3. The van der Waals surface area contributed by atoms with Crippen LogP contribution in [0.5, 0.6) is 0 Å². The van der Waals surface area contributed by atoms with Crippen LogP contribution in [-0.2, 0) is 14.2 Å². The second-order valence-corrected chi connectivity index (χ2v) is 3.57. The summed E-state index contributed by atoms with van der Waals surface area (Å²) in [5.41, 5.74) is 4.14. The number of methoxy groups -OCH3 is 1. The number of esters is 1. The number of rotatable bonds is 7. The highest BCUT2D eigenvalue weighted by Gasteiger charge is 2.20. The van der Waals surface area contributed by atoms with Gasteiger partial charge in [-0.2, -0.15) is 0 Å². The highest BCUT2D eigenvalue weighted by atomic mass is 19.1. The summed E-state index contributed by atoms with van der Waals surface area (Å²) in [6.07, 6.45) is 0. The summed E-state index contributed by atoms with van der Waals surface area (Å²) in [6, 6.07) is 1.94. The van der Waals surface area contributed by atoms with Crippen molar-refractivity contribution in [1.29, 1.82) is 0 Å². The molecule has 0 aliphatic carbocycles. The molecule has 2 N–H and O–H groups in total. The van der Waals surface area contributed by atoms with Crippen molar-refractivity contribution in [1.82, 2.24) is 0 Å². The Bertz CT molecular complexity index is 440. The smallest absolute Gasteiger partial charge is 0.344 e. The van der Waals surface area contributed by atoms with Gasteiger partial charge in [0.05, 0.1) is 25.5 Å². The van der Waals surface area contributed by atoms with Crippen molar-refractivity contribution in [3.8, 4) is 0 Å². The molecule has 0 spiro atoms. The van der Waals surface area contributed by atoms with Crippen molar-refractivity contribution in [3.05, 3.63) is 29.3 Å². The normalized spacial score (nSPS) is 10.5. The highest BCUT2D eigenvalue weighted by Crippen LogP contribution is 2.19. The monoisotopic (exact) mass is 275 g/mol. The largest absolute Gasteiger partial charge is 0.459 e. The Morgan fingerprint density at radius 1 is 1.21 bits per heavy atom. The number of carbonyl (C=O) groups excluding carboxylic acids is 1. The molecule has 1 aromatic rings. The van der Waals surface area contributed by atoms with E-state index in [1.807, 2.05) is 0 Å². The van der Waals surface area contributed by atoms with Gasteiger partial charge in [0.1, 0.15) is 18.0 Å². The lowest BCUT2D eigenvalue weighted by molar-refractivity contribution is 0.0207. The van der Waals surface area contributed by atoms with Crippen molar-refractivity contribution in [3.63, 3.8) is 0 Å². The van der Waals surface area contributed by atoms with Gasteiger partial charge in [0, 0.05) is 7.11 Å². The van der Waals surface area contributed by atoms with Gasteiger partial charge in [-0.1, -0.05) is 0 Å². The van der Waals surface area contributed by atoms with E-state index in [0.29, 0.717) is 13.2 Å². The van der Waals surface area contributed by atoms with Crippen molar-refractivity contribution in [2.24, 2.45) is 0 Å². The van der Waals surface area contributed by atoms with E-state index in [1.54, 1.807) is 0 Å². The highest BCUT2D eigenvalue weighted by molar-refractivity contribution is 5.91. The molecule has 5 nitrogen and oxygen atoms in total. The van der Waals surface area contributed by atoms with Crippen molar-refractivity contribution in [2.75, 3.05) is 39.3 Å².